The maximum atomic E-state index is 12.2. The first kappa shape index (κ1) is 17.0. The van der Waals surface area contributed by atoms with Gasteiger partial charge in [0.05, 0.1) is 12.7 Å². The fourth-order valence-electron chi connectivity index (χ4n) is 2.57. The Labute approximate surface area is 143 Å². The van der Waals surface area contributed by atoms with E-state index in [0.717, 1.165) is 27.7 Å². The number of halogens is 2. The highest BCUT2D eigenvalue weighted by atomic mass is 19.3. The van der Waals surface area contributed by atoms with Crippen LogP contribution in [0.5, 0.6) is 5.75 Å². The van der Waals surface area contributed by atoms with Crippen LogP contribution in [-0.2, 0) is 11.2 Å². The van der Waals surface area contributed by atoms with Gasteiger partial charge in [0.1, 0.15) is 11.3 Å². The molecular formula is C19H17F2NO3. The van der Waals surface area contributed by atoms with Crippen LogP contribution >= 0.6 is 0 Å². The van der Waals surface area contributed by atoms with Crippen LogP contribution in [0.2, 0.25) is 0 Å². The zero-order chi connectivity index (χ0) is 18.0. The molecule has 0 aliphatic heterocycles. The number of carbonyl (C=O) groups is 1. The summed E-state index contributed by atoms with van der Waals surface area (Å²) in [6.07, 6.45) is 1.74. The number of aryl methyl sites for hydroxylation is 2. The van der Waals surface area contributed by atoms with Crippen molar-refractivity contribution in [2.24, 2.45) is 0 Å². The third-order valence-corrected chi connectivity index (χ3v) is 3.98. The summed E-state index contributed by atoms with van der Waals surface area (Å²) in [6, 6.07) is 9.73. The van der Waals surface area contributed by atoms with Gasteiger partial charge in [-0.2, -0.15) is 8.78 Å². The standard InChI is InChI=1S/C19H17F2NO3/c1-11-7-16-13(10-24-17(16)8-12(11)2)9-18(23)22-14-3-5-15(6-4-14)25-19(20)21/h3-8,10,19H,9H2,1-2H3,(H,22,23). The van der Waals surface area contributed by atoms with E-state index in [4.69, 9.17) is 4.42 Å². The number of amides is 1. The third kappa shape index (κ3) is 3.96. The Kier molecular flexibility index (Phi) is 4.70. The van der Waals surface area contributed by atoms with Crippen molar-refractivity contribution in [2.75, 3.05) is 5.32 Å². The summed E-state index contributed by atoms with van der Waals surface area (Å²) in [7, 11) is 0. The Morgan fingerprint density at radius 1 is 1.16 bits per heavy atom. The normalized spacial score (nSPS) is 11.1. The number of fused-ring (bicyclic) bond motifs is 1. The highest BCUT2D eigenvalue weighted by Crippen LogP contribution is 2.25. The van der Waals surface area contributed by atoms with Gasteiger partial charge in [-0.05, 0) is 61.4 Å². The largest absolute Gasteiger partial charge is 0.464 e. The average Bonchev–Trinajstić information content (AvgIpc) is 2.91. The first-order valence-corrected chi connectivity index (χ1v) is 7.74. The molecule has 0 fully saturated rings. The Bertz CT molecular complexity index is 901. The summed E-state index contributed by atoms with van der Waals surface area (Å²) in [5.41, 5.74) is 4.31. The Morgan fingerprint density at radius 3 is 2.52 bits per heavy atom. The molecule has 6 heteroatoms. The average molecular weight is 345 g/mol. The van der Waals surface area contributed by atoms with Crippen LogP contribution in [0, 0.1) is 13.8 Å². The van der Waals surface area contributed by atoms with Gasteiger partial charge in [0.2, 0.25) is 5.91 Å². The number of rotatable bonds is 5. The maximum Gasteiger partial charge on any atom is 0.387 e. The summed E-state index contributed by atoms with van der Waals surface area (Å²) in [5, 5.41) is 3.64. The van der Waals surface area contributed by atoms with Crippen molar-refractivity contribution in [1.82, 2.24) is 0 Å². The fraction of sp³-hybridized carbons (Fsp3) is 0.211. The van der Waals surface area contributed by atoms with Crippen molar-refractivity contribution in [3.63, 3.8) is 0 Å². The topological polar surface area (TPSA) is 51.5 Å². The minimum absolute atomic E-state index is 0.0414. The number of hydrogen-bond acceptors (Lipinski definition) is 3. The van der Waals surface area contributed by atoms with E-state index in [0.29, 0.717) is 5.69 Å². The van der Waals surface area contributed by atoms with Gasteiger partial charge in [-0.1, -0.05) is 0 Å². The van der Waals surface area contributed by atoms with Gasteiger partial charge in [0.15, 0.2) is 0 Å². The van der Waals surface area contributed by atoms with Crippen molar-refractivity contribution < 1.29 is 22.7 Å². The van der Waals surface area contributed by atoms with Gasteiger partial charge in [-0.3, -0.25) is 4.79 Å². The van der Waals surface area contributed by atoms with Gasteiger partial charge in [0.25, 0.3) is 0 Å². The summed E-state index contributed by atoms with van der Waals surface area (Å²) in [4.78, 5) is 12.2. The van der Waals surface area contributed by atoms with E-state index in [1.165, 1.54) is 24.3 Å². The molecule has 3 rings (SSSR count). The Balaban J connectivity index is 1.69. The van der Waals surface area contributed by atoms with Gasteiger partial charge >= 0.3 is 6.61 Å². The van der Waals surface area contributed by atoms with Crippen LogP contribution in [0.15, 0.2) is 47.1 Å². The molecule has 0 atom stereocenters. The predicted octanol–water partition coefficient (Wildman–Crippen LogP) is 4.83. The lowest BCUT2D eigenvalue weighted by Crippen LogP contribution is -2.14. The number of hydrogen-bond donors (Lipinski definition) is 1. The van der Waals surface area contributed by atoms with Crippen LogP contribution in [0.1, 0.15) is 16.7 Å². The molecule has 2 aromatic carbocycles. The van der Waals surface area contributed by atoms with E-state index in [1.807, 2.05) is 26.0 Å². The lowest BCUT2D eigenvalue weighted by Gasteiger charge is -2.07. The van der Waals surface area contributed by atoms with Crippen LogP contribution in [0.4, 0.5) is 14.5 Å². The van der Waals surface area contributed by atoms with Crippen LogP contribution < -0.4 is 10.1 Å². The molecule has 0 radical (unpaired) electrons. The van der Waals surface area contributed by atoms with Crippen LogP contribution in [0.3, 0.4) is 0 Å². The lowest BCUT2D eigenvalue weighted by molar-refractivity contribution is -0.115. The van der Waals surface area contributed by atoms with E-state index in [-0.39, 0.29) is 18.1 Å². The number of nitrogens with one attached hydrogen (secondary N) is 1. The Morgan fingerprint density at radius 2 is 1.84 bits per heavy atom. The van der Waals surface area contributed by atoms with Crippen molar-refractivity contribution in [1.29, 1.82) is 0 Å². The number of alkyl halides is 2. The molecule has 0 aliphatic rings. The molecule has 0 unspecified atom stereocenters. The van der Waals surface area contributed by atoms with E-state index < -0.39 is 6.61 Å². The van der Waals surface area contributed by atoms with Crippen LogP contribution in [-0.4, -0.2) is 12.5 Å². The van der Waals surface area contributed by atoms with Gasteiger partial charge in [-0.15, -0.1) is 0 Å². The molecule has 1 heterocycles. The van der Waals surface area contributed by atoms with E-state index in [2.05, 4.69) is 10.1 Å². The molecule has 1 amide bonds. The summed E-state index contributed by atoms with van der Waals surface area (Å²) < 4.78 is 34.0. The zero-order valence-electron chi connectivity index (χ0n) is 13.8. The molecule has 0 saturated carbocycles. The molecule has 0 spiro atoms. The summed E-state index contributed by atoms with van der Waals surface area (Å²) in [6.45, 7) is 1.14. The molecule has 4 nitrogen and oxygen atoms in total. The molecule has 3 aromatic rings. The van der Waals surface area contributed by atoms with Crippen molar-refractivity contribution in [3.8, 4) is 5.75 Å². The quantitative estimate of drug-likeness (QED) is 0.720. The molecule has 1 N–H and O–H groups in total. The monoisotopic (exact) mass is 345 g/mol. The molecule has 0 aliphatic carbocycles. The van der Waals surface area contributed by atoms with Crippen molar-refractivity contribution in [3.05, 3.63) is 59.4 Å². The maximum absolute atomic E-state index is 12.2. The minimum Gasteiger partial charge on any atom is -0.464 e. The third-order valence-electron chi connectivity index (χ3n) is 3.98. The first-order chi connectivity index (χ1) is 11.9. The summed E-state index contributed by atoms with van der Waals surface area (Å²) >= 11 is 0. The van der Waals surface area contributed by atoms with Gasteiger partial charge in [-0.25, -0.2) is 0 Å². The second kappa shape index (κ2) is 6.93. The highest BCUT2D eigenvalue weighted by Gasteiger charge is 2.12. The van der Waals surface area contributed by atoms with Gasteiger partial charge in [0, 0.05) is 16.6 Å². The van der Waals surface area contributed by atoms with Crippen molar-refractivity contribution in [2.45, 2.75) is 26.9 Å². The smallest absolute Gasteiger partial charge is 0.387 e. The highest BCUT2D eigenvalue weighted by molar-refractivity contribution is 5.95. The molecular weight excluding hydrogens is 328 g/mol. The Hall–Kier alpha value is -2.89. The predicted molar refractivity (Wildman–Crippen MR) is 91.1 cm³/mol. The second-order valence-electron chi connectivity index (χ2n) is 5.82. The molecule has 0 saturated heterocycles. The second-order valence-corrected chi connectivity index (χ2v) is 5.82. The SMILES string of the molecule is Cc1cc2occ(CC(=O)Nc3ccc(OC(F)F)cc3)c2cc1C. The number of ether oxygens (including phenoxy) is 1. The zero-order valence-corrected chi connectivity index (χ0v) is 13.8. The van der Waals surface area contributed by atoms with Crippen LogP contribution in [0.25, 0.3) is 11.0 Å². The van der Waals surface area contributed by atoms with E-state index in [9.17, 15) is 13.6 Å². The van der Waals surface area contributed by atoms with Gasteiger partial charge < -0.3 is 14.5 Å². The minimum atomic E-state index is -2.87. The first-order valence-electron chi connectivity index (χ1n) is 7.74. The fourth-order valence-corrected chi connectivity index (χ4v) is 2.57. The number of benzene rings is 2. The van der Waals surface area contributed by atoms with Crippen molar-refractivity contribution >= 4 is 22.6 Å². The molecule has 25 heavy (non-hydrogen) atoms. The molecule has 130 valence electrons. The van der Waals surface area contributed by atoms with E-state index >= 15 is 0 Å². The molecule has 0 bridgehead atoms. The lowest BCUT2D eigenvalue weighted by atomic mass is 10.0. The van der Waals surface area contributed by atoms with E-state index in [1.54, 1.807) is 6.26 Å². The molecule has 1 aromatic heterocycles. The number of carbonyl (C=O) groups excluding carboxylic acids is 1. The number of anilines is 1. The summed E-state index contributed by atoms with van der Waals surface area (Å²) in [5.74, 6) is -0.178. The number of furan rings is 1.